The first kappa shape index (κ1) is 35.7. The van der Waals surface area contributed by atoms with Gasteiger partial charge in [-0.2, -0.15) is 0 Å². The van der Waals surface area contributed by atoms with Crippen LogP contribution in [0.3, 0.4) is 0 Å². The molecule has 2 amide bonds. The summed E-state index contributed by atoms with van der Waals surface area (Å²) < 4.78 is 11.4. The van der Waals surface area contributed by atoms with Crippen molar-refractivity contribution in [1.29, 1.82) is 0 Å². The standard InChI is InChI=1S/C31H62N2O4/c1-9-10-11-12-13-14-15-16-17-18-19-20-21-22-27(34)32-25-23-31(7,8)36-26-24-30(5,6)33-28(35)37-29(2,3)4/h9-26H2,1-8H3,(H,32,34)(H,33,35). The predicted octanol–water partition coefficient (Wildman–Crippen LogP) is 8.46. The molecule has 0 aromatic rings. The molecule has 37 heavy (non-hydrogen) atoms. The minimum atomic E-state index is -0.518. The molecule has 0 bridgehead atoms. The van der Waals surface area contributed by atoms with Crippen LogP contribution in [-0.2, 0) is 14.3 Å². The Morgan fingerprint density at radius 1 is 0.676 bits per heavy atom. The third-order valence-corrected chi connectivity index (χ3v) is 6.62. The van der Waals surface area contributed by atoms with Gasteiger partial charge in [-0.25, -0.2) is 4.79 Å². The van der Waals surface area contributed by atoms with Crippen LogP contribution in [0.2, 0.25) is 0 Å². The first-order valence-corrected chi connectivity index (χ1v) is 15.2. The summed E-state index contributed by atoms with van der Waals surface area (Å²) in [6, 6.07) is 0. The molecule has 0 radical (unpaired) electrons. The van der Waals surface area contributed by atoms with Crippen molar-refractivity contribution < 1.29 is 19.1 Å². The van der Waals surface area contributed by atoms with E-state index in [9.17, 15) is 9.59 Å². The van der Waals surface area contributed by atoms with Crippen LogP contribution in [0.25, 0.3) is 0 Å². The Kier molecular flexibility index (Phi) is 19.0. The lowest BCUT2D eigenvalue weighted by Crippen LogP contribution is -2.46. The van der Waals surface area contributed by atoms with Gasteiger partial charge in [0, 0.05) is 25.1 Å². The summed E-state index contributed by atoms with van der Waals surface area (Å²) >= 11 is 0. The average Bonchev–Trinajstić information content (AvgIpc) is 2.74. The summed E-state index contributed by atoms with van der Waals surface area (Å²) in [5.41, 5.74) is -1.29. The van der Waals surface area contributed by atoms with Gasteiger partial charge in [0.15, 0.2) is 0 Å². The second-order valence-electron chi connectivity index (χ2n) is 13.0. The fourth-order valence-corrected chi connectivity index (χ4v) is 4.19. The fourth-order valence-electron chi connectivity index (χ4n) is 4.19. The number of amides is 2. The zero-order valence-electron chi connectivity index (χ0n) is 25.9. The molecule has 0 aliphatic rings. The molecule has 0 heterocycles. The van der Waals surface area contributed by atoms with E-state index in [0.717, 1.165) is 19.3 Å². The van der Waals surface area contributed by atoms with Gasteiger partial charge in [-0.05, 0) is 67.7 Å². The Hall–Kier alpha value is -1.30. The predicted molar refractivity (Wildman–Crippen MR) is 156 cm³/mol. The normalized spacial score (nSPS) is 12.4. The highest BCUT2D eigenvalue weighted by atomic mass is 16.6. The summed E-state index contributed by atoms with van der Waals surface area (Å²) in [5, 5.41) is 5.95. The van der Waals surface area contributed by atoms with Crippen molar-refractivity contribution in [3.8, 4) is 0 Å². The van der Waals surface area contributed by atoms with Crippen molar-refractivity contribution in [2.24, 2.45) is 0 Å². The lowest BCUT2D eigenvalue weighted by Gasteiger charge is -2.31. The van der Waals surface area contributed by atoms with E-state index in [1.807, 2.05) is 48.5 Å². The number of carbonyl (C=O) groups excluding carboxylic acids is 2. The van der Waals surface area contributed by atoms with Crippen molar-refractivity contribution in [3.05, 3.63) is 0 Å². The molecule has 2 N–H and O–H groups in total. The van der Waals surface area contributed by atoms with Gasteiger partial charge in [0.1, 0.15) is 5.60 Å². The van der Waals surface area contributed by atoms with Crippen molar-refractivity contribution >= 4 is 12.0 Å². The van der Waals surface area contributed by atoms with Gasteiger partial charge in [-0.15, -0.1) is 0 Å². The smallest absolute Gasteiger partial charge is 0.408 e. The summed E-state index contributed by atoms with van der Waals surface area (Å²) in [6.07, 6.45) is 18.7. The van der Waals surface area contributed by atoms with Crippen LogP contribution >= 0.6 is 0 Å². The molecule has 0 atom stereocenters. The molecular weight excluding hydrogens is 464 g/mol. The number of alkyl carbamates (subject to hydrolysis) is 1. The third kappa shape index (κ3) is 24.8. The van der Waals surface area contributed by atoms with Crippen molar-refractivity contribution in [3.63, 3.8) is 0 Å². The number of unbranched alkanes of at least 4 members (excludes halogenated alkanes) is 12. The molecule has 0 rings (SSSR count). The van der Waals surface area contributed by atoms with Crippen molar-refractivity contribution in [2.45, 2.75) is 175 Å². The highest BCUT2D eigenvalue weighted by molar-refractivity contribution is 5.75. The molecule has 0 aromatic carbocycles. The quantitative estimate of drug-likeness (QED) is 0.139. The molecule has 220 valence electrons. The summed E-state index contributed by atoms with van der Waals surface area (Å²) in [7, 11) is 0. The van der Waals surface area contributed by atoms with Gasteiger partial charge < -0.3 is 20.1 Å². The van der Waals surface area contributed by atoms with Crippen molar-refractivity contribution in [2.75, 3.05) is 13.2 Å². The van der Waals surface area contributed by atoms with Gasteiger partial charge in [0.2, 0.25) is 5.91 Å². The number of rotatable bonds is 22. The van der Waals surface area contributed by atoms with E-state index in [0.29, 0.717) is 26.0 Å². The highest BCUT2D eigenvalue weighted by Gasteiger charge is 2.26. The van der Waals surface area contributed by atoms with E-state index in [-0.39, 0.29) is 11.5 Å². The Morgan fingerprint density at radius 3 is 1.65 bits per heavy atom. The Morgan fingerprint density at radius 2 is 1.16 bits per heavy atom. The number of hydrogen-bond donors (Lipinski definition) is 2. The molecule has 0 saturated heterocycles. The van der Waals surface area contributed by atoms with Crippen LogP contribution in [0, 0.1) is 0 Å². The van der Waals surface area contributed by atoms with Gasteiger partial charge in [0.25, 0.3) is 0 Å². The SMILES string of the molecule is CCCCCCCCCCCCCCCC(=O)NCCC(C)(C)OCCC(C)(C)NC(=O)OC(C)(C)C. The molecule has 0 aromatic heterocycles. The fraction of sp³-hybridized carbons (Fsp3) is 0.935. The minimum absolute atomic E-state index is 0.140. The first-order valence-electron chi connectivity index (χ1n) is 15.2. The average molecular weight is 527 g/mol. The number of nitrogens with one attached hydrogen (secondary N) is 2. The second-order valence-corrected chi connectivity index (χ2v) is 13.0. The van der Waals surface area contributed by atoms with E-state index in [4.69, 9.17) is 9.47 Å². The molecule has 0 unspecified atom stereocenters. The maximum Gasteiger partial charge on any atom is 0.408 e. The summed E-state index contributed by atoms with van der Waals surface area (Å²) in [5.74, 6) is 0.140. The second kappa shape index (κ2) is 19.7. The topological polar surface area (TPSA) is 76.7 Å². The first-order chi connectivity index (χ1) is 17.3. The number of hydrogen-bond acceptors (Lipinski definition) is 4. The van der Waals surface area contributed by atoms with E-state index in [2.05, 4.69) is 17.6 Å². The molecular formula is C31H62N2O4. The monoisotopic (exact) mass is 526 g/mol. The Balaban J connectivity index is 3.76. The van der Waals surface area contributed by atoms with Crippen LogP contribution in [-0.4, -0.2) is 41.9 Å². The van der Waals surface area contributed by atoms with E-state index < -0.39 is 17.2 Å². The van der Waals surface area contributed by atoms with Gasteiger partial charge in [0.05, 0.1) is 5.60 Å². The lowest BCUT2D eigenvalue weighted by atomic mass is 10.0. The Bertz CT molecular complexity index is 597. The third-order valence-electron chi connectivity index (χ3n) is 6.62. The lowest BCUT2D eigenvalue weighted by molar-refractivity contribution is -0.121. The molecule has 0 aliphatic heterocycles. The molecule has 6 nitrogen and oxygen atoms in total. The van der Waals surface area contributed by atoms with Gasteiger partial charge in [-0.3, -0.25) is 4.79 Å². The number of carbonyl (C=O) groups is 2. The zero-order valence-corrected chi connectivity index (χ0v) is 25.9. The van der Waals surface area contributed by atoms with E-state index >= 15 is 0 Å². The maximum atomic E-state index is 12.2. The number of ether oxygens (including phenoxy) is 2. The van der Waals surface area contributed by atoms with E-state index in [1.54, 1.807) is 0 Å². The molecule has 0 aliphatic carbocycles. The van der Waals surface area contributed by atoms with E-state index in [1.165, 1.54) is 70.6 Å². The van der Waals surface area contributed by atoms with Crippen LogP contribution in [0.1, 0.15) is 158 Å². The molecule has 6 heteroatoms. The highest BCUT2D eigenvalue weighted by Crippen LogP contribution is 2.18. The molecule has 0 saturated carbocycles. The van der Waals surface area contributed by atoms with Crippen LogP contribution in [0.5, 0.6) is 0 Å². The molecule has 0 spiro atoms. The van der Waals surface area contributed by atoms with Gasteiger partial charge >= 0.3 is 6.09 Å². The molecule has 0 fully saturated rings. The van der Waals surface area contributed by atoms with Crippen LogP contribution < -0.4 is 10.6 Å². The van der Waals surface area contributed by atoms with Gasteiger partial charge in [-0.1, -0.05) is 84.0 Å². The largest absolute Gasteiger partial charge is 0.444 e. The van der Waals surface area contributed by atoms with Crippen molar-refractivity contribution in [1.82, 2.24) is 10.6 Å². The maximum absolute atomic E-state index is 12.2. The summed E-state index contributed by atoms with van der Waals surface area (Å²) in [4.78, 5) is 24.2. The Labute approximate surface area is 229 Å². The van der Waals surface area contributed by atoms with Crippen LogP contribution in [0.15, 0.2) is 0 Å². The van der Waals surface area contributed by atoms with Crippen LogP contribution in [0.4, 0.5) is 4.79 Å². The zero-order chi connectivity index (χ0) is 28.2. The minimum Gasteiger partial charge on any atom is -0.444 e. The summed E-state index contributed by atoms with van der Waals surface area (Å²) in [6.45, 7) is 17.0.